The summed E-state index contributed by atoms with van der Waals surface area (Å²) in [6, 6.07) is 3.72. The van der Waals surface area contributed by atoms with Gasteiger partial charge in [0.15, 0.2) is 6.10 Å². The van der Waals surface area contributed by atoms with Crippen molar-refractivity contribution >= 4 is 5.91 Å². The number of nitrogens with one attached hydrogen (secondary N) is 1. The number of hydrogen-bond acceptors (Lipinski definition) is 4. The summed E-state index contributed by atoms with van der Waals surface area (Å²) in [5.74, 6) is 0.419. The zero-order chi connectivity index (χ0) is 13.7. The highest BCUT2D eigenvalue weighted by Gasteiger charge is 2.17. The van der Waals surface area contributed by atoms with Gasteiger partial charge in [0.25, 0.3) is 5.91 Å². The molecule has 3 N–H and O–H groups in total. The molecule has 1 unspecified atom stereocenters. The average molecular weight is 251 g/mol. The average Bonchev–Trinajstić information content (AvgIpc) is 2.30. The van der Waals surface area contributed by atoms with Gasteiger partial charge in [-0.3, -0.25) is 9.78 Å². The van der Waals surface area contributed by atoms with Gasteiger partial charge >= 0.3 is 0 Å². The van der Waals surface area contributed by atoms with E-state index in [0.717, 1.165) is 5.69 Å². The highest BCUT2D eigenvalue weighted by Crippen LogP contribution is 2.17. The molecular weight excluding hydrogens is 230 g/mol. The lowest BCUT2D eigenvalue weighted by atomic mass is 10.2. The van der Waals surface area contributed by atoms with Crippen molar-refractivity contribution in [2.75, 3.05) is 0 Å². The summed E-state index contributed by atoms with van der Waals surface area (Å²) in [6.07, 6.45) is -0.567. The third kappa shape index (κ3) is 4.00. The first-order chi connectivity index (χ1) is 8.43. The molecule has 0 saturated heterocycles. The smallest absolute Gasteiger partial charge is 0.260 e. The third-order valence-corrected chi connectivity index (χ3v) is 2.37. The molecule has 1 aromatic rings. The van der Waals surface area contributed by atoms with Crippen LogP contribution in [0.2, 0.25) is 0 Å². The van der Waals surface area contributed by atoms with E-state index >= 15 is 0 Å². The number of aromatic nitrogens is 1. The molecule has 1 heterocycles. The summed E-state index contributed by atoms with van der Waals surface area (Å²) in [5, 5.41) is 2.80. The third-order valence-electron chi connectivity index (χ3n) is 2.37. The molecule has 1 rings (SSSR count). The van der Waals surface area contributed by atoms with Gasteiger partial charge < -0.3 is 15.8 Å². The van der Waals surface area contributed by atoms with Crippen molar-refractivity contribution in [1.82, 2.24) is 10.3 Å². The Labute approximate surface area is 108 Å². The summed E-state index contributed by atoms with van der Waals surface area (Å²) in [6.45, 7) is 7.69. The minimum Gasteiger partial charge on any atom is -0.479 e. The van der Waals surface area contributed by atoms with Crippen LogP contribution in [0.1, 0.15) is 32.2 Å². The maximum Gasteiger partial charge on any atom is 0.260 e. The number of carbonyl (C=O) groups excluding carboxylic acids is 1. The van der Waals surface area contributed by atoms with E-state index in [1.807, 2.05) is 26.8 Å². The lowest BCUT2D eigenvalue weighted by Gasteiger charge is -2.18. The fourth-order valence-electron chi connectivity index (χ4n) is 1.50. The lowest BCUT2D eigenvalue weighted by Crippen LogP contribution is -2.40. The minimum absolute atomic E-state index is 0.0914. The molecule has 18 heavy (non-hydrogen) atoms. The van der Waals surface area contributed by atoms with Crippen LogP contribution in [0.15, 0.2) is 12.1 Å². The second kappa shape index (κ2) is 6.35. The fraction of sp³-hybridized carbons (Fsp3) is 0.538. The molecule has 0 radical (unpaired) electrons. The maximum absolute atomic E-state index is 11.7. The highest BCUT2D eigenvalue weighted by molar-refractivity contribution is 5.80. The van der Waals surface area contributed by atoms with Crippen LogP contribution < -0.4 is 15.8 Å². The SMILES string of the molecule is Cc1ccc(OC(C)C(=O)NC(C)C)c(CN)n1. The van der Waals surface area contributed by atoms with Crippen LogP contribution in [0.25, 0.3) is 0 Å². The number of aryl methyl sites for hydroxylation is 1. The normalized spacial score (nSPS) is 12.3. The van der Waals surface area contributed by atoms with E-state index in [0.29, 0.717) is 11.4 Å². The van der Waals surface area contributed by atoms with Crippen molar-refractivity contribution in [2.24, 2.45) is 5.73 Å². The van der Waals surface area contributed by atoms with Gasteiger partial charge in [-0.05, 0) is 39.8 Å². The molecule has 0 aromatic carbocycles. The molecule has 1 aromatic heterocycles. The van der Waals surface area contributed by atoms with Gasteiger partial charge in [-0.2, -0.15) is 0 Å². The van der Waals surface area contributed by atoms with Crippen LogP contribution in [-0.4, -0.2) is 23.0 Å². The summed E-state index contributed by atoms with van der Waals surface area (Å²) >= 11 is 0. The van der Waals surface area contributed by atoms with Gasteiger partial charge in [0.1, 0.15) is 5.75 Å². The van der Waals surface area contributed by atoms with Crippen molar-refractivity contribution in [1.29, 1.82) is 0 Å². The Morgan fingerprint density at radius 1 is 1.44 bits per heavy atom. The van der Waals surface area contributed by atoms with E-state index in [2.05, 4.69) is 10.3 Å². The zero-order valence-electron chi connectivity index (χ0n) is 11.4. The minimum atomic E-state index is -0.567. The Morgan fingerprint density at radius 2 is 2.11 bits per heavy atom. The van der Waals surface area contributed by atoms with Crippen LogP contribution in [0.5, 0.6) is 5.75 Å². The number of amides is 1. The Hall–Kier alpha value is -1.62. The second-order valence-electron chi connectivity index (χ2n) is 4.52. The van der Waals surface area contributed by atoms with Gasteiger partial charge in [0.2, 0.25) is 0 Å². The highest BCUT2D eigenvalue weighted by atomic mass is 16.5. The Balaban J connectivity index is 2.75. The summed E-state index contributed by atoms with van der Waals surface area (Å²) in [7, 11) is 0. The number of ether oxygens (including phenoxy) is 1. The van der Waals surface area contributed by atoms with Crippen LogP contribution in [0, 0.1) is 6.92 Å². The number of nitrogens with zero attached hydrogens (tertiary/aromatic N) is 1. The van der Waals surface area contributed by atoms with Crippen molar-refractivity contribution in [3.63, 3.8) is 0 Å². The van der Waals surface area contributed by atoms with E-state index in [1.54, 1.807) is 13.0 Å². The first-order valence-electron chi connectivity index (χ1n) is 6.07. The molecular formula is C13H21N3O2. The van der Waals surface area contributed by atoms with Crippen molar-refractivity contribution in [3.8, 4) is 5.75 Å². The summed E-state index contributed by atoms with van der Waals surface area (Å²) in [5.41, 5.74) is 7.15. The quantitative estimate of drug-likeness (QED) is 0.822. The number of nitrogens with two attached hydrogens (primary N) is 1. The molecule has 1 atom stereocenters. The molecule has 0 aliphatic rings. The predicted octanol–water partition coefficient (Wildman–Crippen LogP) is 1.14. The molecule has 0 fully saturated rings. The van der Waals surface area contributed by atoms with E-state index in [1.165, 1.54) is 0 Å². The van der Waals surface area contributed by atoms with Crippen LogP contribution in [-0.2, 0) is 11.3 Å². The Kier molecular flexibility index (Phi) is 5.09. The molecule has 0 spiro atoms. The fourth-order valence-corrected chi connectivity index (χ4v) is 1.50. The van der Waals surface area contributed by atoms with E-state index < -0.39 is 6.10 Å². The lowest BCUT2D eigenvalue weighted by molar-refractivity contribution is -0.127. The molecule has 1 amide bonds. The van der Waals surface area contributed by atoms with Crippen molar-refractivity contribution < 1.29 is 9.53 Å². The first-order valence-corrected chi connectivity index (χ1v) is 6.07. The largest absolute Gasteiger partial charge is 0.479 e. The zero-order valence-corrected chi connectivity index (χ0v) is 11.4. The number of pyridine rings is 1. The Bertz CT molecular complexity index is 419. The first kappa shape index (κ1) is 14.4. The van der Waals surface area contributed by atoms with Crippen molar-refractivity contribution in [3.05, 3.63) is 23.5 Å². The van der Waals surface area contributed by atoms with Crippen LogP contribution >= 0.6 is 0 Å². The van der Waals surface area contributed by atoms with E-state index in [-0.39, 0.29) is 18.5 Å². The molecule has 100 valence electrons. The molecule has 5 heteroatoms. The van der Waals surface area contributed by atoms with Gasteiger partial charge in [-0.1, -0.05) is 0 Å². The number of carbonyl (C=O) groups is 1. The summed E-state index contributed by atoms with van der Waals surface area (Å²) < 4.78 is 5.60. The standard InChI is InChI=1S/C13H21N3O2/c1-8(2)15-13(17)10(4)18-12-6-5-9(3)16-11(12)7-14/h5-6,8,10H,7,14H2,1-4H3,(H,15,17). The maximum atomic E-state index is 11.7. The topological polar surface area (TPSA) is 77.2 Å². The molecule has 0 saturated carbocycles. The molecule has 5 nitrogen and oxygen atoms in total. The van der Waals surface area contributed by atoms with Gasteiger partial charge in [0, 0.05) is 18.3 Å². The molecule has 0 bridgehead atoms. The monoisotopic (exact) mass is 251 g/mol. The van der Waals surface area contributed by atoms with Crippen LogP contribution in [0.4, 0.5) is 0 Å². The Morgan fingerprint density at radius 3 is 2.67 bits per heavy atom. The predicted molar refractivity (Wildman–Crippen MR) is 70.2 cm³/mol. The number of hydrogen-bond donors (Lipinski definition) is 2. The van der Waals surface area contributed by atoms with Gasteiger partial charge in [-0.25, -0.2) is 0 Å². The van der Waals surface area contributed by atoms with E-state index in [9.17, 15) is 4.79 Å². The second-order valence-corrected chi connectivity index (χ2v) is 4.52. The molecule has 0 aliphatic carbocycles. The van der Waals surface area contributed by atoms with E-state index in [4.69, 9.17) is 10.5 Å². The van der Waals surface area contributed by atoms with Gasteiger partial charge in [-0.15, -0.1) is 0 Å². The summed E-state index contributed by atoms with van der Waals surface area (Å²) in [4.78, 5) is 16.0. The van der Waals surface area contributed by atoms with Crippen LogP contribution in [0.3, 0.4) is 0 Å². The van der Waals surface area contributed by atoms with Crippen molar-refractivity contribution in [2.45, 2.75) is 46.4 Å². The van der Waals surface area contributed by atoms with Gasteiger partial charge in [0.05, 0.1) is 5.69 Å². The number of rotatable bonds is 5. The molecule has 0 aliphatic heterocycles.